The van der Waals surface area contributed by atoms with Crippen molar-refractivity contribution in [1.82, 2.24) is 19.1 Å². The monoisotopic (exact) mass is 468 g/mol. The fourth-order valence-corrected chi connectivity index (χ4v) is 3.92. The number of hydrogen-bond donors (Lipinski definition) is 1. The van der Waals surface area contributed by atoms with Gasteiger partial charge in [-0.3, -0.25) is 19.1 Å². The number of fused-ring (bicyclic) bond motifs is 2. The number of para-hydroxylation sites is 3. The number of esters is 1. The Balaban J connectivity index is 1.50. The van der Waals surface area contributed by atoms with E-state index < -0.39 is 11.9 Å². The average Bonchev–Trinajstić information content (AvgIpc) is 3.38. The molecule has 5 rings (SSSR count). The van der Waals surface area contributed by atoms with E-state index in [-0.39, 0.29) is 24.7 Å². The van der Waals surface area contributed by atoms with E-state index in [1.165, 1.54) is 11.7 Å². The molecule has 0 radical (unpaired) electrons. The highest BCUT2D eigenvalue weighted by molar-refractivity contribution is 5.96. The predicted molar refractivity (Wildman–Crippen MR) is 128 cm³/mol. The second kappa shape index (κ2) is 9.18. The zero-order valence-corrected chi connectivity index (χ0v) is 18.7. The van der Waals surface area contributed by atoms with E-state index in [0.717, 1.165) is 11.0 Å². The van der Waals surface area contributed by atoms with Gasteiger partial charge in [0.15, 0.2) is 11.5 Å². The number of aromatic nitrogens is 4. The van der Waals surface area contributed by atoms with Gasteiger partial charge in [0.2, 0.25) is 5.88 Å². The molecule has 3 aromatic heterocycles. The third kappa shape index (κ3) is 4.12. The fraction of sp³-hybridized carbons (Fsp3) is 0.120. The predicted octanol–water partition coefficient (Wildman–Crippen LogP) is 4.24. The lowest BCUT2D eigenvalue weighted by atomic mass is 10.2. The van der Waals surface area contributed by atoms with Crippen LogP contribution in [-0.4, -0.2) is 43.2 Å². The Kier molecular flexibility index (Phi) is 5.76. The number of aromatic hydroxyl groups is 1. The van der Waals surface area contributed by atoms with Crippen molar-refractivity contribution in [2.24, 2.45) is 10.2 Å². The molecular formula is C25H20N6O4. The summed E-state index contributed by atoms with van der Waals surface area (Å²) in [4.78, 5) is 33.7. The third-order valence-corrected chi connectivity index (χ3v) is 5.54. The number of amides is 1. The Morgan fingerprint density at radius 3 is 2.46 bits per heavy atom. The minimum atomic E-state index is -0.547. The lowest BCUT2D eigenvalue weighted by Crippen LogP contribution is -2.10. The number of rotatable bonds is 6. The van der Waals surface area contributed by atoms with E-state index in [1.54, 1.807) is 41.1 Å². The van der Waals surface area contributed by atoms with Crippen LogP contribution in [0, 0.1) is 0 Å². The van der Waals surface area contributed by atoms with Crippen LogP contribution in [0.5, 0.6) is 5.88 Å². The summed E-state index contributed by atoms with van der Waals surface area (Å²) < 4.78 is 7.81. The normalized spacial score (nSPS) is 11.5. The van der Waals surface area contributed by atoms with Crippen LogP contribution >= 0.6 is 0 Å². The summed E-state index contributed by atoms with van der Waals surface area (Å²) in [6, 6.07) is 19.9. The number of carbonyl (C=O) groups excluding carboxylic acids is 2. The number of ether oxygens (including phenoxy) is 1. The molecule has 2 aromatic carbocycles. The molecule has 10 nitrogen and oxygen atoms in total. The molecule has 1 amide bonds. The number of hydrogen-bond acceptors (Lipinski definition) is 7. The molecular weight excluding hydrogens is 448 g/mol. The minimum Gasteiger partial charge on any atom is -0.493 e. The maximum absolute atomic E-state index is 12.9. The van der Waals surface area contributed by atoms with Gasteiger partial charge in [0, 0.05) is 11.6 Å². The van der Waals surface area contributed by atoms with Crippen molar-refractivity contribution in [3.63, 3.8) is 0 Å². The number of pyridine rings is 1. The van der Waals surface area contributed by atoms with Gasteiger partial charge in [0.1, 0.15) is 18.8 Å². The molecule has 0 bridgehead atoms. The summed E-state index contributed by atoms with van der Waals surface area (Å²) in [6.45, 7) is -0.335. The molecule has 0 saturated heterocycles. The molecule has 0 spiro atoms. The van der Waals surface area contributed by atoms with E-state index in [2.05, 4.69) is 20.2 Å². The molecule has 5 aromatic rings. The molecule has 10 heteroatoms. The van der Waals surface area contributed by atoms with Crippen molar-refractivity contribution in [2.75, 3.05) is 7.11 Å². The van der Waals surface area contributed by atoms with Crippen molar-refractivity contribution >= 4 is 39.5 Å². The summed E-state index contributed by atoms with van der Waals surface area (Å²) in [5.41, 5.74) is 2.76. The molecule has 0 unspecified atom stereocenters. The minimum absolute atomic E-state index is 0.0956. The summed E-state index contributed by atoms with van der Waals surface area (Å²) >= 11 is 0. The number of imidazole rings is 1. The van der Waals surface area contributed by atoms with Gasteiger partial charge in [-0.05, 0) is 30.3 Å². The van der Waals surface area contributed by atoms with Crippen molar-refractivity contribution in [3.8, 4) is 17.4 Å². The molecule has 35 heavy (non-hydrogen) atoms. The maximum atomic E-state index is 12.9. The lowest BCUT2D eigenvalue weighted by Gasteiger charge is -2.06. The summed E-state index contributed by atoms with van der Waals surface area (Å²) in [5.74, 6) is -0.826. The van der Waals surface area contributed by atoms with E-state index in [9.17, 15) is 14.7 Å². The van der Waals surface area contributed by atoms with Crippen LogP contribution in [0.2, 0.25) is 0 Å². The molecule has 0 atom stereocenters. The van der Waals surface area contributed by atoms with E-state index in [4.69, 9.17) is 4.74 Å². The second-order valence-corrected chi connectivity index (χ2v) is 7.67. The molecule has 0 aliphatic rings. The van der Waals surface area contributed by atoms with Crippen molar-refractivity contribution in [2.45, 2.75) is 13.1 Å². The molecule has 1 N–H and O–H groups in total. The van der Waals surface area contributed by atoms with Gasteiger partial charge in [-0.25, -0.2) is 4.98 Å². The highest BCUT2D eigenvalue weighted by atomic mass is 16.5. The molecule has 0 aliphatic carbocycles. The Hall–Kier alpha value is -4.86. The van der Waals surface area contributed by atoms with Crippen LogP contribution in [0.25, 0.3) is 33.5 Å². The first-order valence-corrected chi connectivity index (χ1v) is 10.7. The van der Waals surface area contributed by atoms with Crippen LogP contribution in [0.15, 0.2) is 83.2 Å². The Morgan fingerprint density at radius 2 is 1.69 bits per heavy atom. The van der Waals surface area contributed by atoms with Crippen molar-refractivity contribution in [1.29, 1.82) is 0 Å². The van der Waals surface area contributed by atoms with Gasteiger partial charge in [-0.2, -0.15) is 0 Å². The van der Waals surface area contributed by atoms with Gasteiger partial charge in [0.25, 0.3) is 5.91 Å². The van der Waals surface area contributed by atoms with Crippen LogP contribution in [-0.2, 0) is 27.4 Å². The highest BCUT2D eigenvalue weighted by Gasteiger charge is 2.20. The fourth-order valence-electron chi connectivity index (χ4n) is 3.92. The topological polar surface area (TPSA) is 124 Å². The zero-order chi connectivity index (χ0) is 24.4. The van der Waals surface area contributed by atoms with E-state index >= 15 is 0 Å². The molecule has 0 saturated carbocycles. The van der Waals surface area contributed by atoms with Gasteiger partial charge < -0.3 is 14.4 Å². The smallest absolute Gasteiger partial charge is 0.325 e. The van der Waals surface area contributed by atoms with Gasteiger partial charge in [0.05, 0.1) is 23.7 Å². The van der Waals surface area contributed by atoms with Gasteiger partial charge >= 0.3 is 5.97 Å². The first kappa shape index (κ1) is 22.0. The molecule has 0 fully saturated rings. The van der Waals surface area contributed by atoms with Crippen LogP contribution < -0.4 is 0 Å². The SMILES string of the molecule is COC(=O)Cn1c(O)c(N=NC(=O)Cn2c(-c3ccccn3)nc3ccccc32)c2ccccc21. The quantitative estimate of drug-likeness (QED) is 0.294. The second-order valence-electron chi connectivity index (χ2n) is 7.67. The summed E-state index contributed by atoms with van der Waals surface area (Å²) in [6.07, 6.45) is 1.66. The maximum Gasteiger partial charge on any atom is 0.325 e. The molecule has 174 valence electrons. The van der Waals surface area contributed by atoms with Crippen LogP contribution in [0.1, 0.15) is 0 Å². The number of benzene rings is 2. The van der Waals surface area contributed by atoms with Crippen molar-refractivity contribution in [3.05, 3.63) is 72.9 Å². The van der Waals surface area contributed by atoms with Gasteiger partial charge in [-0.1, -0.05) is 36.4 Å². The van der Waals surface area contributed by atoms with E-state index in [1.807, 2.05) is 36.4 Å². The lowest BCUT2D eigenvalue weighted by molar-refractivity contribution is -0.141. The number of methoxy groups -OCH3 is 1. The average molecular weight is 468 g/mol. The van der Waals surface area contributed by atoms with E-state index in [0.29, 0.717) is 22.4 Å². The van der Waals surface area contributed by atoms with Gasteiger partial charge in [-0.15, -0.1) is 10.2 Å². The summed E-state index contributed by atoms with van der Waals surface area (Å²) in [7, 11) is 1.27. The Morgan fingerprint density at radius 1 is 0.943 bits per heavy atom. The highest BCUT2D eigenvalue weighted by Crippen LogP contribution is 2.38. The first-order chi connectivity index (χ1) is 17.1. The number of azo groups is 1. The zero-order valence-electron chi connectivity index (χ0n) is 18.7. The Labute approximate surface area is 199 Å². The summed E-state index contributed by atoms with van der Waals surface area (Å²) in [5, 5.41) is 19.2. The molecule has 3 heterocycles. The number of nitrogens with zero attached hydrogens (tertiary/aromatic N) is 6. The first-order valence-electron chi connectivity index (χ1n) is 10.7. The van der Waals surface area contributed by atoms with Crippen LogP contribution in [0.3, 0.4) is 0 Å². The third-order valence-electron chi connectivity index (χ3n) is 5.54. The van der Waals surface area contributed by atoms with Crippen LogP contribution in [0.4, 0.5) is 5.69 Å². The Bertz CT molecular complexity index is 1590. The molecule has 0 aliphatic heterocycles. The number of carbonyl (C=O) groups is 2. The van der Waals surface area contributed by atoms with Crippen molar-refractivity contribution < 1.29 is 19.4 Å². The largest absolute Gasteiger partial charge is 0.493 e. The standard InChI is InChI=1S/C25H20N6O4/c1-35-22(33)15-31-19-11-4-2-8-16(19)23(25(31)34)29-28-21(32)14-30-20-12-5-3-9-17(20)27-24(30)18-10-6-7-13-26-18/h2-13,34H,14-15H2,1H3.